The van der Waals surface area contributed by atoms with Crippen LogP contribution in [-0.4, -0.2) is 23.2 Å². The fourth-order valence-corrected chi connectivity index (χ4v) is 5.11. The summed E-state index contributed by atoms with van der Waals surface area (Å²) in [5.74, 6) is 0.858. The van der Waals surface area contributed by atoms with Gasteiger partial charge in [-0.3, -0.25) is 15.1 Å². The van der Waals surface area contributed by atoms with Crippen LogP contribution < -0.4 is 0 Å². The average Bonchev–Trinajstić information content (AvgIpc) is 3.60. The van der Waals surface area contributed by atoms with E-state index in [0.717, 1.165) is 36.0 Å². The van der Waals surface area contributed by atoms with Crippen molar-refractivity contribution in [2.45, 2.75) is 31.1 Å². The minimum absolute atomic E-state index is 0.0965. The molecule has 0 aromatic heterocycles. The van der Waals surface area contributed by atoms with Crippen molar-refractivity contribution >= 4 is 23.3 Å². The van der Waals surface area contributed by atoms with Crippen LogP contribution in [0.25, 0.3) is 11.1 Å². The molecule has 1 saturated carbocycles. The maximum Gasteiger partial charge on any atom is 0.239 e. The lowest BCUT2D eigenvalue weighted by atomic mass is 9.73. The Morgan fingerprint density at radius 1 is 0.935 bits per heavy atom. The summed E-state index contributed by atoms with van der Waals surface area (Å²) < 4.78 is 0. The second-order valence-electron chi connectivity index (χ2n) is 8.65. The molecule has 1 N–H and O–H groups in total. The maximum atomic E-state index is 13.8. The molecule has 1 amide bonds. The monoisotopic (exact) mass is 428 g/mol. The lowest BCUT2D eigenvalue weighted by Gasteiger charge is -2.28. The van der Waals surface area contributed by atoms with Gasteiger partial charge in [-0.25, -0.2) is 0 Å². The van der Waals surface area contributed by atoms with E-state index in [0.29, 0.717) is 29.7 Å². The van der Waals surface area contributed by atoms with Gasteiger partial charge in [-0.2, -0.15) is 0 Å². The summed E-state index contributed by atoms with van der Waals surface area (Å²) in [5.41, 5.74) is 3.71. The van der Waals surface area contributed by atoms with Crippen molar-refractivity contribution in [3.05, 3.63) is 95.0 Å². The van der Waals surface area contributed by atoms with Gasteiger partial charge in [-0.05, 0) is 59.6 Å². The van der Waals surface area contributed by atoms with E-state index < -0.39 is 5.41 Å². The predicted octanol–water partition coefficient (Wildman–Crippen LogP) is 6.11. The van der Waals surface area contributed by atoms with Crippen LogP contribution in [-0.2, 0) is 16.6 Å². The smallest absolute Gasteiger partial charge is 0.239 e. The summed E-state index contributed by atoms with van der Waals surface area (Å²) in [7, 11) is 0. The molecule has 2 fully saturated rings. The first kappa shape index (κ1) is 20.0. The number of halogens is 1. The van der Waals surface area contributed by atoms with Gasteiger partial charge >= 0.3 is 0 Å². The molecule has 0 radical (unpaired) electrons. The quantitative estimate of drug-likeness (QED) is 0.506. The number of nitrogens with zero attached hydrogens (tertiary/aromatic N) is 1. The highest BCUT2D eigenvalue weighted by atomic mass is 35.5. The van der Waals surface area contributed by atoms with Crippen LogP contribution in [0.1, 0.15) is 30.4 Å². The molecule has 1 heterocycles. The Balaban J connectivity index is 1.47. The van der Waals surface area contributed by atoms with E-state index in [4.69, 9.17) is 17.0 Å². The molecule has 1 unspecified atom stereocenters. The van der Waals surface area contributed by atoms with Gasteiger partial charge in [0, 0.05) is 18.0 Å². The zero-order chi connectivity index (χ0) is 21.4. The minimum Gasteiger partial charge on any atom is -0.300 e. The molecular weight excluding hydrogens is 404 g/mol. The van der Waals surface area contributed by atoms with E-state index in [2.05, 4.69) is 30.3 Å². The highest BCUT2D eigenvalue weighted by Gasteiger charge is 2.58. The Labute approximate surface area is 188 Å². The van der Waals surface area contributed by atoms with Crippen LogP contribution in [0.5, 0.6) is 0 Å². The van der Waals surface area contributed by atoms with Crippen LogP contribution in [0.4, 0.5) is 0 Å². The van der Waals surface area contributed by atoms with E-state index in [-0.39, 0.29) is 5.91 Å². The SMILES string of the molecule is N=C1CC(c2cccc(-c3cccc(Cl)c3)c2)(C2CC2)C(=O)N1CCc1ccccc1. The number of amides is 1. The zero-order valence-corrected chi connectivity index (χ0v) is 18.1. The normalized spacial score (nSPS) is 21.0. The number of benzene rings is 3. The molecule has 4 heteroatoms. The molecule has 2 aliphatic rings. The molecular formula is C27H25ClN2O. The molecule has 0 bridgehead atoms. The summed E-state index contributed by atoms with van der Waals surface area (Å²) in [6.45, 7) is 0.560. The van der Waals surface area contributed by atoms with E-state index in [9.17, 15) is 4.79 Å². The Kier molecular flexibility index (Phi) is 5.15. The van der Waals surface area contributed by atoms with Crippen molar-refractivity contribution in [3.8, 4) is 11.1 Å². The van der Waals surface area contributed by atoms with Gasteiger partial charge in [0.2, 0.25) is 5.91 Å². The molecule has 0 spiro atoms. The highest BCUT2D eigenvalue weighted by molar-refractivity contribution is 6.30. The van der Waals surface area contributed by atoms with Crippen molar-refractivity contribution in [2.24, 2.45) is 5.92 Å². The van der Waals surface area contributed by atoms with Crippen LogP contribution in [0.15, 0.2) is 78.9 Å². The van der Waals surface area contributed by atoms with Gasteiger partial charge in [0.25, 0.3) is 0 Å². The molecule has 156 valence electrons. The standard InChI is InChI=1S/C27H25ClN2O/c28-24-11-5-9-21(17-24)20-8-4-10-23(16-20)27(22-12-13-22)18-25(29)30(26(27)31)15-14-19-6-2-1-3-7-19/h1-11,16-17,22,29H,12-15,18H2. The number of carbonyl (C=O) groups excluding carboxylic acids is 1. The lowest BCUT2D eigenvalue weighted by molar-refractivity contribution is -0.131. The first-order valence-corrected chi connectivity index (χ1v) is 11.3. The molecule has 31 heavy (non-hydrogen) atoms. The molecule has 3 aromatic rings. The second kappa shape index (κ2) is 7.97. The number of amidine groups is 1. The number of rotatable bonds is 6. The van der Waals surface area contributed by atoms with Gasteiger partial charge in [0.05, 0.1) is 5.41 Å². The van der Waals surface area contributed by atoms with Crippen molar-refractivity contribution in [2.75, 3.05) is 6.54 Å². The lowest BCUT2D eigenvalue weighted by Crippen LogP contribution is -2.41. The molecule has 5 rings (SSSR count). The number of nitrogens with one attached hydrogen (secondary N) is 1. The molecule has 1 atom stereocenters. The van der Waals surface area contributed by atoms with E-state index in [1.807, 2.05) is 48.5 Å². The second-order valence-corrected chi connectivity index (χ2v) is 9.09. The zero-order valence-electron chi connectivity index (χ0n) is 17.4. The minimum atomic E-state index is -0.609. The molecule has 1 aliphatic heterocycles. The van der Waals surface area contributed by atoms with Gasteiger partial charge in [0.1, 0.15) is 5.84 Å². The van der Waals surface area contributed by atoms with Gasteiger partial charge in [-0.15, -0.1) is 0 Å². The summed E-state index contributed by atoms with van der Waals surface area (Å²) in [6, 6.07) is 26.3. The molecule has 1 aliphatic carbocycles. The van der Waals surface area contributed by atoms with Crippen LogP contribution in [0.3, 0.4) is 0 Å². The summed E-state index contributed by atoms with van der Waals surface area (Å²) in [4.78, 5) is 15.5. The fraction of sp³-hybridized carbons (Fsp3) is 0.259. The average molecular weight is 429 g/mol. The highest BCUT2D eigenvalue weighted by Crippen LogP contribution is 2.54. The van der Waals surface area contributed by atoms with Crippen LogP contribution >= 0.6 is 11.6 Å². The number of carbonyl (C=O) groups is 1. The predicted molar refractivity (Wildman–Crippen MR) is 125 cm³/mol. The molecule has 3 aromatic carbocycles. The Morgan fingerprint density at radius 3 is 2.35 bits per heavy atom. The van der Waals surface area contributed by atoms with Crippen molar-refractivity contribution in [1.29, 1.82) is 5.41 Å². The summed E-state index contributed by atoms with van der Waals surface area (Å²) in [5, 5.41) is 9.36. The van der Waals surface area contributed by atoms with E-state index in [1.54, 1.807) is 4.90 Å². The third kappa shape index (κ3) is 3.68. The van der Waals surface area contributed by atoms with Crippen molar-refractivity contribution in [3.63, 3.8) is 0 Å². The van der Waals surface area contributed by atoms with E-state index >= 15 is 0 Å². The van der Waals surface area contributed by atoms with Crippen molar-refractivity contribution < 1.29 is 4.79 Å². The first-order chi connectivity index (χ1) is 15.1. The number of hydrogen-bond acceptors (Lipinski definition) is 2. The van der Waals surface area contributed by atoms with Gasteiger partial charge < -0.3 is 0 Å². The fourth-order valence-electron chi connectivity index (χ4n) is 4.92. The third-order valence-corrected chi connectivity index (χ3v) is 6.91. The largest absolute Gasteiger partial charge is 0.300 e. The van der Waals surface area contributed by atoms with Gasteiger partial charge in [-0.1, -0.05) is 78.3 Å². The molecule has 3 nitrogen and oxygen atoms in total. The molecule has 1 saturated heterocycles. The number of hydrogen-bond donors (Lipinski definition) is 1. The van der Waals surface area contributed by atoms with Crippen LogP contribution in [0.2, 0.25) is 5.02 Å². The Hall–Kier alpha value is -2.91. The van der Waals surface area contributed by atoms with Crippen molar-refractivity contribution in [1.82, 2.24) is 4.90 Å². The summed E-state index contributed by atoms with van der Waals surface area (Å²) in [6.07, 6.45) is 3.35. The maximum absolute atomic E-state index is 13.8. The first-order valence-electron chi connectivity index (χ1n) is 10.9. The Bertz CT molecular complexity index is 1140. The number of likely N-dealkylation sites (tertiary alicyclic amines) is 1. The van der Waals surface area contributed by atoms with Gasteiger partial charge in [0.15, 0.2) is 0 Å². The third-order valence-electron chi connectivity index (χ3n) is 6.68. The topological polar surface area (TPSA) is 44.2 Å². The van der Waals surface area contributed by atoms with E-state index in [1.165, 1.54) is 5.56 Å². The Morgan fingerprint density at radius 2 is 1.65 bits per heavy atom. The van der Waals surface area contributed by atoms with Crippen LogP contribution in [0, 0.1) is 11.3 Å². The summed E-state index contributed by atoms with van der Waals surface area (Å²) >= 11 is 6.21.